The van der Waals surface area contributed by atoms with E-state index >= 15 is 0 Å². The highest BCUT2D eigenvalue weighted by molar-refractivity contribution is 7.89. The highest BCUT2D eigenvalue weighted by Gasteiger charge is 2.42. The Morgan fingerprint density at radius 2 is 2.00 bits per heavy atom. The fraction of sp³-hybridized carbons (Fsp3) is 0.571. The van der Waals surface area contributed by atoms with Crippen molar-refractivity contribution >= 4 is 16.0 Å². The number of aliphatic carboxylic acids is 1. The van der Waals surface area contributed by atoms with Crippen LogP contribution >= 0.6 is 0 Å². The number of aromatic nitrogens is 1. The third kappa shape index (κ3) is 4.25. The Labute approximate surface area is 124 Å². The summed E-state index contributed by atoms with van der Waals surface area (Å²) in [6.45, 7) is 0. The van der Waals surface area contributed by atoms with Gasteiger partial charge < -0.3 is 5.11 Å². The van der Waals surface area contributed by atoms with Crippen LogP contribution in [-0.4, -0.2) is 35.8 Å². The quantitative estimate of drug-likeness (QED) is 0.826. The topological polar surface area (TPSA) is 96.4 Å². The maximum Gasteiger partial charge on any atom is 0.324 e. The molecule has 116 valence electrons. The van der Waals surface area contributed by atoms with E-state index in [9.17, 15) is 18.3 Å². The number of carboxylic acids is 1. The van der Waals surface area contributed by atoms with Gasteiger partial charge in [-0.15, -0.1) is 0 Å². The van der Waals surface area contributed by atoms with Crippen LogP contribution in [0.15, 0.2) is 24.4 Å². The summed E-state index contributed by atoms with van der Waals surface area (Å²) in [4.78, 5) is 15.6. The monoisotopic (exact) mass is 312 g/mol. The first-order valence-electron chi connectivity index (χ1n) is 7.09. The van der Waals surface area contributed by atoms with Gasteiger partial charge in [-0.1, -0.05) is 25.3 Å². The molecule has 7 heteroatoms. The predicted octanol–water partition coefficient (Wildman–Crippen LogP) is 1.33. The van der Waals surface area contributed by atoms with Crippen LogP contribution in [0.2, 0.25) is 0 Å². The molecule has 0 atom stereocenters. The number of pyridine rings is 1. The molecule has 0 bridgehead atoms. The van der Waals surface area contributed by atoms with E-state index in [-0.39, 0.29) is 12.2 Å². The molecule has 1 heterocycles. The number of carboxylic acid groups (broad SMARTS) is 1. The standard InChI is InChI=1S/C14H20N2O4S/c17-13(18)14(8-3-1-4-9-14)16-21(19,20)11-7-12-6-2-5-10-15-12/h2,5-6,10,16H,1,3-4,7-9,11H2,(H,17,18). The van der Waals surface area contributed by atoms with Crippen LogP contribution in [0.4, 0.5) is 0 Å². The van der Waals surface area contributed by atoms with Gasteiger partial charge in [-0.25, -0.2) is 8.42 Å². The molecule has 21 heavy (non-hydrogen) atoms. The Kier molecular flexibility index (Phi) is 4.95. The number of sulfonamides is 1. The molecule has 0 spiro atoms. The van der Waals surface area contributed by atoms with Crippen LogP contribution in [-0.2, 0) is 21.2 Å². The van der Waals surface area contributed by atoms with Gasteiger partial charge in [0.05, 0.1) is 5.75 Å². The summed E-state index contributed by atoms with van der Waals surface area (Å²) in [5.41, 5.74) is -0.655. The van der Waals surface area contributed by atoms with Crippen LogP contribution in [0.25, 0.3) is 0 Å². The second-order valence-corrected chi connectivity index (χ2v) is 7.28. The van der Waals surface area contributed by atoms with Crippen molar-refractivity contribution in [2.75, 3.05) is 5.75 Å². The van der Waals surface area contributed by atoms with E-state index < -0.39 is 21.5 Å². The zero-order chi connectivity index (χ0) is 15.3. The molecule has 0 unspecified atom stereocenters. The summed E-state index contributed by atoms with van der Waals surface area (Å²) >= 11 is 0. The van der Waals surface area contributed by atoms with Crippen molar-refractivity contribution in [1.82, 2.24) is 9.71 Å². The first-order valence-corrected chi connectivity index (χ1v) is 8.74. The number of hydrogen-bond acceptors (Lipinski definition) is 4. The highest BCUT2D eigenvalue weighted by atomic mass is 32.2. The van der Waals surface area contributed by atoms with Crippen molar-refractivity contribution in [2.24, 2.45) is 0 Å². The summed E-state index contributed by atoms with van der Waals surface area (Å²) in [7, 11) is -3.65. The number of nitrogens with one attached hydrogen (secondary N) is 1. The van der Waals surface area contributed by atoms with Gasteiger partial charge in [0, 0.05) is 18.3 Å². The Hall–Kier alpha value is -1.47. The molecule has 0 radical (unpaired) electrons. The van der Waals surface area contributed by atoms with Gasteiger partial charge in [-0.3, -0.25) is 9.78 Å². The highest BCUT2D eigenvalue weighted by Crippen LogP contribution is 2.29. The summed E-state index contributed by atoms with van der Waals surface area (Å²) in [5, 5.41) is 9.40. The molecule has 6 nitrogen and oxygen atoms in total. The fourth-order valence-electron chi connectivity index (χ4n) is 2.65. The first kappa shape index (κ1) is 15.9. The predicted molar refractivity (Wildman–Crippen MR) is 78.3 cm³/mol. The Morgan fingerprint density at radius 3 is 2.57 bits per heavy atom. The molecule has 0 amide bonds. The molecule has 1 aromatic rings. The van der Waals surface area contributed by atoms with Crippen molar-refractivity contribution in [3.05, 3.63) is 30.1 Å². The van der Waals surface area contributed by atoms with E-state index in [1.807, 2.05) is 0 Å². The van der Waals surface area contributed by atoms with Gasteiger partial charge >= 0.3 is 5.97 Å². The minimum Gasteiger partial charge on any atom is -0.480 e. The van der Waals surface area contributed by atoms with E-state index in [4.69, 9.17) is 0 Å². The summed E-state index contributed by atoms with van der Waals surface area (Å²) in [5.74, 6) is -1.23. The smallest absolute Gasteiger partial charge is 0.324 e. The SMILES string of the molecule is O=C(O)C1(NS(=O)(=O)CCc2ccccn2)CCCCC1. The van der Waals surface area contributed by atoms with Gasteiger partial charge in [-0.2, -0.15) is 4.72 Å². The van der Waals surface area contributed by atoms with E-state index in [0.717, 1.165) is 19.3 Å². The number of carbonyl (C=O) groups is 1. The van der Waals surface area contributed by atoms with Crippen molar-refractivity contribution in [1.29, 1.82) is 0 Å². The maximum atomic E-state index is 12.2. The van der Waals surface area contributed by atoms with Crippen LogP contribution < -0.4 is 4.72 Å². The van der Waals surface area contributed by atoms with Gasteiger partial charge in [0.25, 0.3) is 0 Å². The lowest BCUT2D eigenvalue weighted by Crippen LogP contribution is -2.56. The zero-order valence-corrected chi connectivity index (χ0v) is 12.6. The summed E-state index contributed by atoms with van der Waals surface area (Å²) in [6, 6.07) is 5.31. The maximum absolute atomic E-state index is 12.2. The second kappa shape index (κ2) is 6.53. The molecule has 2 N–H and O–H groups in total. The second-order valence-electron chi connectivity index (χ2n) is 5.44. The summed E-state index contributed by atoms with van der Waals surface area (Å²) in [6.07, 6.45) is 4.99. The minimum atomic E-state index is -3.65. The Balaban J connectivity index is 2.03. The molecule has 0 saturated heterocycles. The van der Waals surface area contributed by atoms with Crippen molar-refractivity contribution in [3.63, 3.8) is 0 Å². The molecule has 0 aliphatic heterocycles. The number of nitrogens with zero attached hydrogens (tertiary/aromatic N) is 1. The van der Waals surface area contributed by atoms with E-state index in [0.29, 0.717) is 18.5 Å². The first-order chi connectivity index (χ1) is 9.94. The van der Waals surface area contributed by atoms with Crippen LogP contribution in [0.1, 0.15) is 37.8 Å². The normalized spacial score (nSPS) is 18.3. The van der Waals surface area contributed by atoms with Crippen molar-refractivity contribution in [3.8, 4) is 0 Å². The van der Waals surface area contributed by atoms with Crippen molar-refractivity contribution < 1.29 is 18.3 Å². The molecular formula is C14H20N2O4S. The summed E-state index contributed by atoms with van der Waals surface area (Å²) < 4.78 is 26.8. The van der Waals surface area contributed by atoms with E-state index in [1.54, 1.807) is 24.4 Å². The molecule has 1 aromatic heterocycles. The van der Waals surface area contributed by atoms with Gasteiger partial charge in [0.1, 0.15) is 5.54 Å². The Morgan fingerprint density at radius 1 is 1.29 bits per heavy atom. The Bertz CT molecular complexity index is 580. The third-order valence-electron chi connectivity index (χ3n) is 3.82. The number of rotatable bonds is 6. The van der Waals surface area contributed by atoms with Crippen LogP contribution in [0.5, 0.6) is 0 Å². The van der Waals surface area contributed by atoms with Crippen LogP contribution in [0, 0.1) is 0 Å². The number of aryl methyl sites for hydroxylation is 1. The third-order valence-corrected chi connectivity index (χ3v) is 5.26. The van der Waals surface area contributed by atoms with Crippen LogP contribution in [0.3, 0.4) is 0 Å². The largest absolute Gasteiger partial charge is 0.480 e. The van der Waals surface area contributed by atoms with Crippen molar-refractivity contribution in [2.45, 2.75) is 44.1 Å². The molecule has 1 aliphatic carbocycles. The zero-order valence-electron chi connectivity index (χ0n) is 11.8. The molecule has 0 aromatic carbocycles. The number of hydrogen-bond donors (Lipinski definition) is 2. The van der Waals surface area contributed by atoms with E-state index in [1.165, 1.54) is 0 Å². The lowest BCUT2D eigenvalue weighted by molar-refractivity contribution is -0.145. The lowest BCUT2D eigenvalue weighted by Gasteiger charge is -2.33. The van der Waals surface area contributed by atoms with E-state index in [2.05, 4.69) is 9.71 Å². The molecule has 1 fully saturated rings. The molecule has 2 rings (SSSR count). The molecular weight excluding hydrogens is 292 g/mol. The van der Waals surface area contributed by atoms with Gasteiger partial charge in [0.15, 0.2) is 0 Å². The average molecular weight is 312 g/mol. The lowest BCUT2D eigenvalue weighted by atomic mass is 9.83. The molecule has 1 saturated carbocycles. The van der Waals surface area contributed by atoms with Gasteiger partial charge in [-0.05, 0) is 25.0 Å². The molecule has 1 aliphatic rings. The van der Waals surface area contributed by atoms with Gasteiger partial charge in [0.2, 0.25) is 10.0 Å². The fourth-order valence-corrected chi connectivity index (χ4v) is 4.12. The average Bonchev–Trinajstić information content (AvgIpc) is 2.47. The minimum absolute atomic E-state index is 0.154.